The second kappa shape index (κ2) is 6.39. The molecule has 0 saturated heterocycles. The van der Waals surface area contributed by atoms with Gasteiger partial charge in [-0.15, -0.1) is 0 Å². The normalized spacial score (nSPS) is 13.3. The predicted octanol–water partition coefficient (Wildman–Crippen LogP) is 3.10. The van der Waals surface area contributed by atoms with Crippen LogP contribution in [0.1, 0.15) is 30.0 Å². The van der Waals surface area contributed by atoms with Gasteiger partial charge in [-0.2, -0.15) is 0 Å². The van der Waals surface area contributed by atoms with E-state index < -0.39 is 0 Å². The summed E-state index contributed by atoms with van der Waals surface area (Å²) in [5, 5.41) is 0. The molecule has 1 heterocycles. The van der Waals surface area contributed by atoms with Crippen molar-refractivity contribution in [3.63, 3.8) is 0 Å². The summed E-state index contributed by atoms with van der Waals surface area (Å²) in [5.41, 5.74) is 10.2. The van der Waals surface area contributed by atoms with Crippen LogP contribution in [0.3, 0.4) is 0 Å². The molecule has 3 rings (SSSR count). The standard InChI is InChI=1S/C20H18N2/c1-2-19(21)13-14-22-15-18-9-4-3-7-16(18)11-12-17-8-5-6-10-20(17)22/h3-10,19H,2,15,21H2,1H3. The zero-order valence-corrected chi connectivity index (χ0v) is 12.6. The van der Waals surface area contributed by atoms with E-state index in [4.69, 9.17) is 5.73 Å². The molecule has 1 atom stereocenters. The molecule has 0 spiro atoms. The zero-order chi connectivity index (χ0) is 15.4. The van der Waals surface area contributed by atoms with E-state index in [9.17, 15) is 0 Å². The van der Waals surface area contributed by atoms with Crippen LogP contribution >= 0.6 is 0 Å². The van der Waals surface area contributed by atoms with Gasteiger partial charge >= 0.3 is 0 Å². The molecule has 0 saturated carbocycles. The summed E-state index contributed by atoms with van der Waals surface area (Å²) in [6, 6.07) is 19.5. The smallest absolute Gasteiger partial charge is 0.0680 e. The Bertz CT molecular complexity index is 799. The van der Waals surface area contributed by atoms with Gasteiger partial charge in [-0.1, -0.05) is 55.0 Å². The lowest BCUT2D eigenvalue weighted by Gasteiger charge is -2.22. The maximum absolute atomic E-state index is 5.95. The van der Waals surface area contributed by atoms with Gasteiger partial charge in [0, 0.05) is 17.2 Å². The van der Waals surface area contributed by atoms with Crippen LogP contribution in [-0.2, 0) is 6.54 Å². The minimum absolute atomic E-state index is 0.0982. The first kappa shape index (κ1) is 14.3. The molecule has 0 bridgehead atoms. The van der Waals surface area contributed by atoms with Crippen LogP contribution in [0.5, 0.6) is 0 Å². The van der Waals surface area contributed by atoms with Gasteiger partial charge in [-0.05, 0) is 30.2 Å². The van der Waals surface area contributed by atoms with Crippen LogP contribution in [-0.4, -0.2) is 6.04 Å². The van der Waals surface area contributed by atoms with Crippen molar-refractivity contribution in [1.29, 1.82) is 0 Å². The Morgan fingerprint density at radius 3 is 2.59 bits per heavy atom. The topological polar surface area (TPSA) is 29.3 Å². The third-order valence-corrected chi connectivity index (χ3v) is 3.70. The summed E-state index contributed by atoms with van der Waals surface area (Å²) in [7, 11) is 0. The highest BCUT2D eigenvalue weighted by atomic mass is 15.1. The molecule has 1 unspecified atom stereocenters. The maximum atomic E-state index is 5.95. The lowest BCUT2D eigenvalue weighted by atomic mass is 10.0. The van der Waals surface area contributed by atoms with E-state index >= 15 is 0 Å². The van der Waals surface area contributed by atoms with Gasteiger partial charge in [0.05, 0.1) is 18.3 Å². The van der Waals surface area contributed by atoms with Crippen LogP contribution < -0.4 is 10.6 Å². The van der Waals surface area contributed by atoms with E-state index in [0.29, 0.717) is 6.54 Å². The molecule has 0 amide bonds. The van der Waals surface area contributed by atoms with Gasteiger partial charge in [-0.25, -0.2) is 0 Å². The molecular weight excluding hydrogens is 268 g/mol. The zero-order valence-electron chi connectivity index (χ0n) is 12.6. The summed E-state index contributed by atoms with van der Waals surface area (Å²) in [6.45, 7) is 2.76. The number of hydrogen-bond acceptors (Lipinski definition) is 2. The molecule has 0 aromatic heterocycles. The number of hydrogen-bond donors (Lipinski definition) is 1. The highest BCUT2D eigenvalue weighted by molar-refractivity contribution is 5.66. The van der Waals surface area contributed by atoms with Crippen molar-refractivity contribution >= 4 is 5.69 Å². The van der Waals surface area contributed by atoms with E-state index in [-0.39, 0.29) is 6.04 Å². The van der Waals surface area contributed by atoms with Gasteiger partial charge in [0.1, 0.15) is 0 Å². The van der Waals surface area contributed by atoms with E-state index in [2.05, 4.69) is 46.9 Å². The number of anilines is 1. The van der Waals surface area contributed by atoms with Crippen molar-refractivity contribution in [2.45, 2.75) is 25.9 Å². The van der Waals surface area contributed by atoms with Crippen molar-refractivity contribution in [1.82, 2.24) is 0 Å². The largest absolute Gasteiger partial charge is 0.318 e. The van der Waals surface area contributed by atoms with Crippen LogP contribution in [0, 0.1) is 23.8 Å². The molecule has 0 aliphatic carbocycles. The summed E-state index contributed by atoms with van der Waals surface area (Å²) >= 11 is 0. The highest BCUT2D eigenvalue weighted by Gasteiger charge is 2.13. The molecule has 2 nitrogen and oxygen atoms in total. The number of nitrogens with zero attached hydrogens (tertiary/aromatic N) is 1. The Morgan fingerprint density at radius 1 is 1.09 bits per heavy atom. The third kappa shape index (κ3) is 2.98. The lowest BCUT2D eigenvalue weighted by Crippen LogP contribution is -2.22. The third-order valence-electron chi connectivity index (χ3n) is 3.70. The van der Waals surface area contributed by atoms with Gasteiger partial charge in [0.15, 0.2) is 0 Å². The summed E-state index contributed by atoms with van der Waals surface area (Å²) in [6.07, 6.45) is 0.846. The fraction of sp³-hybridized carbons (Fsp3) is 0.200. The average molecular weight is 286 g/mol. The SMILES string of the molecule is CCC(N)C#CN1Cc2ccccc2C#Cc2ccccc21. The molecule has 1 aliphatic heterocycles. The van der Waals surface area contributed by atoms with Crippen LogP contribution in [0.25, 0.3) is 0 Å². The lowest BCUT2D eigenvalue weighted by molar-refractivity contribution is 0.803. The molecule has 2 aromatic rings. The van der Waals surface area contributed by atoms with Crippen molar-refractivity contribution in [3.05, 3.63) is 65.2 Å². The molecule has 22 heavy (non-hydrogen) atoms. The minimum Gasteiger partial charge on any atom is -0.318 e. The second-order valence-electron chi connectivity index (χ2n) is 5.28. The number of fused-ring (bicyclic) bond motifs is 2. The van der Waals surface area contributed by atoms with Gasteiger partial charge in [0.2, 0.25) is 0 Å². The van der Waals surface area contributed by atoms with Crippen molar-refractivity contribution in [2.75, 3.05) is 4.90 Å². The molecule has 1 aliphatic rings. The van der Waals surface area contributed by atoms with Gasteiger partial charge in [0.25, 0.3) is 0 Å². The number of benzene rings is 2. The Morgan fingerprint density at radius 2 is 1.77 bits per heavy atom. The molecule has 2 heteroatoms. The molecule has 2 aromatic carbocycles. The number of rotatable bonds is 1. The average Bonchev–Trinajstić information content (AvgIpc) is 2.55. The van der Waals surface area contributed by atoms with E-state index in [1.54, 1.807) is 0 Å². The fourth-order valence-corrected chi connectivity index (χ4v) is 2.35. The van der Waals surface area contributed by atoms with E-state index in [0.717, 1.165) is 23.2 Å². The maximum Gasteiger partial charge on any atom is 0.0680 e. The van der Waals surface area contributed by atoms with Gasteiger partial charge < -0.3 is 5.73 Å². The van der Waals surface area contributed by atoms with Crippen LogP contribution in [0.2, 0.25) is 0 Å². The molecule has 0 fully saturated rings. The van der Waals surface area contributed by atoms with Crippen LogP contribution in [0.15, 0.2) is 48.5 Å². The minimum atomic E-state index is -0.0982. The Balaban J connectivity index is 2.10. The van der Waals surface area contributed by atoms with Crippen molar-refractivity contribution in [2.24, 2.45) is 5.73 Å². The molecule has 108 valence electrons. The predicted molar refractivity (Wildman–Crippen MR) is 91.1 cm³/mol. The summed E-state index contributed by atoms with van der Waals surface area (Å²) in [4.78, 5) is 2.05. The molecule has 0 radical (unpaired) electrons. The second-order valence-corrected chi connectivity index (χ2v) is 5.28. The first-order valence-electron chi connectivity index (χ1n) is 7.51. The first-order valence-corrected chi connectivity index (χ1v) is 7.51. The first-order chi connectivity index (χ1) is 10.8. The highest BCUT2D eigenvalue weighted by Crippen LogP contribution is 2.24. The summed E-state index contributed by atoms with van der Waals surface area (Å²) in [5.74, 6) is 9.66. The molecule has 2 N–H and O–H groups in total. The monoisotopic (exact) mass is 286 g/mol. The Labute approximate surface area is 132 Å². The van der Waals surface area contributed by atoms with E-state index in [1.165, 1.54) is 5.56 Å². The Hall–Kier alpha value is -2.68. The Kier molecular flexibility index (Phi) is 4.15. The summed E-state index contributed by atoms with van der Waals surface area (Å²) < 4.78 is 0. The number of nitrogens with two attached hydrogens (primary N) is 1. The number of para-hydroxylation sites is 1. The van der Waals surface area contributed by atoms with Crippen LogP contribution in [0.4, 0.5) is 5.69 Å². The van der Waals surface area contributed by atoms with Crippen molar-refractivity contribution in [3.8, 4) is 23.8 Å². The van der Waals surface area contributed by atoms with E-state index in [1.807, 2.05) is 37.3 Å². The quantitative estimate of drug-likeness (QED) is 0.816. The fourth-order valence-electron chi connectivity index (χ4n) is 2.35. The van der Waals surface area contributed by atoms with Crippen molar-refractivity contribution < 1.29 is 0 Å². The van der Waals surface area contributed by atoms with Gasteiger partial charge in [-0.3, -0.25) is 4.90 Å². The molecular formula is C20H18N2.